The van der Waals surface area contributed by atoms with Gasteiger partial charge < -0.3 is 4.57 Å². The predicted octanol–water partition coefficient (Wildman–Crippen LogP) is 6.57. The molecule has 3 aromatic carbocycles. The van der Waals surface area contributed by atoms with Crippen LogP contribution in [0.1, 0.15) is 27.2 Å². The van der Waals surface area contributed by atoms with Crippen LogP contribution in [0, 0.1) is 6.92 Å². The highest BCUT2D eigenvalue weighted by Gasteiger charge is 2.36. The Hall–Kier alpha value is -3.61. The Kier molecular flexibility index (Phi) is 6.32. The summed E-state index contributed by atoms with van der Waals surface area (Å²) in [5, 5.41) is 1.07. The molecule has 0 spiro atoms. The third kappa shape index (κ3) is 4.55. The van der Waals surface area contributed by atoms with Crippen LogP contribution < -0.4 is 0 Å². The van der Waals surface area contributed by atoms with Crippen LogP contribution in [0.25, 0.3) is 17.0 Å². The molecule has 2 amide bonds. The second-order valence-electron chi connectivity index (χ2n) is 8.29. The number of aromatic nitrogens is 1. The Morgan fingerprint density at radius 3 is 2.37 bits per heavy atom. The summed E-state index contributed by atoms with van der Waals surface area (Å²) in [6.07, 6.45) is 1.77. The van der Waals surface area contributed by atoms with Crippen molar-refractivity contribution in [1.29, 1.82) is 0 Å². The summed E-state index contributed by atoms with van der Waals surface area (Å²) in [5.74, 6) is -0.775. The third-order valence-corrected chi connectivity index (χ3v) is 7.24. The zero-order valence-corrected chi connectivity index (χ0v) is 20.5. The quantitative estimate of drug-likeness (QED) is 0.222. The van der Waals surface area contributed by atoms with Crippen LogP contribution in [0.3, 0.4) is 0 Å². The zero-order chi connectivity index (χ0) is 24.5. The van der Waals surface area contributed by atoms with E-state index in [1.165, 1.54) is 5.56 Å². The summed E-state index contributed by atoms with van der Waals surface area (Å²) in [6, 6.07) is 24.6. The molecular formula is C28H21ClN2O3S. The lowest BCUT2D eigenvalue weighted by Crippen LogP contribution is -2.33. The number of amides is 2. The third-order valence-electron chi connectivity index (χ3n) is 6.08. The number of hydrogen-bond acceptors (Lipinski definition) is 4. The van der Waals surface area contributed by atoms with Crippen LogP contribution >= 0.6 is 23.4 Å². The van der Waals surface area contributed by atoms with Gasteiger partial charge in [-0.2, -0.15) is 0 Å². The number of para-hydroxylation sites is 1. The van der Waals surface area contributed by atoms with Crippen LogP contribution in [0.15, 0.2) is 83.8 Å². The number of carbonyl (C=O) groups is 3. The Labute approximate surface area is 212 Å². The Balaban J connectivity index is 1.46. The first-order valence-electron chi connectivity index (χ1n) is 11.1. The number of thioether (sulfide) groups is 1. The first-order valence-corrected chi connectivity index (χ1v) is 12.3. The number of ketones is 1. The van der Waals surface area contributed by atoms with Crippen LogP contribution in [0.5, 0.6) is 0 Å². The maximum absolute atomic E-state index is 13.1. The molecule has 1 aromatic heterocycles. The molecule has 0 aliphatic carbocycles. The maximum Gasteiger partial charge on any atom is 0.293 e. The topological polar surface area (TPSA) is 59.4 Å². The van der Waals surface area contributed by atoms with Crippen molar-refractivity contribution in [3.8, 4) is 0 Å². The molecule has 35 heavy (non-hydrogen) atoms. The lowest BCUT2D eigenvalue weighted by Gasteiger charge is -2.11. The molecule has 0 bridgehead atoms. The highest BCUT2D eigenvalue weighted by atomic mass is 35.5. The number of hydrogen-bond donors (Lipinski definition) is 0. The number of benzene rings is 3. The van der Waals surface area contributed by atoms with Gasteiger partial charge in [0.05, 0.1) is 11.4 Å². The van der Waals surface area contributed by atoms with Gasteiger partial charge in [0.25, 0.3) is 11.1 Å². The maximum atomic E-state index is 13.1. The Morgan fingerprint density at radius 1 is 0.943 bits per heavy atom. The highest BCUT2D eigenvalue weighted by Crippen LogP contribution is 2.36. The molecule has 1 saturated heterocycles. The van der Waals surface area contributed by atoms with E-state index in [-0.39, 0.29) is 12.3 Å². The van der Waals surface area contributed by atoms with Gasteiger partial charge >= 0.3 is 0 Å². The van der Waals surface area contributed by atoms with E-state index >= 15 is 0 Å². The summed E-state index contributed by atoms with van der Waals surface area (Å²) in [7, 11) is 0. The number of Topliss-reactive ketones (excluding diaryl/α,β-unsaturated/α-hetero) is 1. The summed E-state index contributed by atoms with van der Waals surface area (Å²) < 4.78 is 2.21. The molecule has 4 aromatic rings. The van der Waals surface area contributed by atoms with Crippen molar-refractivity contribution in [1.82, 2.24) is 9.47 Å². The normalized spacial score (nSPS) is 14.9. The van der Waals surface area contributed by atoms with Gasteiger partial charge in [-0.3, -0.25) is 19.3 Å². The molecule has 0 radical (unpaired) electrons. The number of carbonyl (C=O) groups excluding carboxylic acids is 3. The van der Waals surface area contributed by atoms with Gasteiger partial charge in [0.2, 0.25) is 0 Å². The molecule has 5 nitrogen and oxygen atoms in total. The lowest BCUT2D eigenvalue weighted by molar-refractivity contribution is -0.122. The van der Waals surface area contributed by atoms with Crippen LogP contribution in [-0.4, -0.2) is 32.9 Å². The van der Waals surface area contributed by atoms with Crippen LogP contribution in [0.2, 0.25) is 5.02 Å². The first-order chi connectivity index (χ1) is 16.9. The standard InChI is InChI=1S/C28H21ClN2O3S/c1-18-23(22-9-5-6-10-24(22)30(18)16-19-7-3-2-4-8-19)15-26-27(33)31(28(34)35-26)17-25(32)20-11-13-21(29)14-12-20/h2-15H,16-17H2,1H3/b26-15-. The molecule has 0 saturated carbocycles. The van der Waals surface area contributed by atoms with Crippen molar-refractivity contribution in [2.75, 3.05) is 6.54 Å². The molecule has 2 heterocycles. The van der Waals surface area contributed by atoms with E-state index in [1.54, 1.807) is 30.3 Å². The van der Waals surface area contributed by atoms with Crippen molar-refractivity contribution in [2.45, 2.75) is 13.5 Å². The van der Waals surface area contributed by atoms with Crippen molar-refractivity contribution in [2.24, 2.45) is 0 Å². The minimum atomic E-state index is -0.457. The molecule has 5 rings (SSSR count). The van der Waals surface area contributed by atoms with Gasteiger partial charge in [-0.05, 0) is 60.7 Å². The fourth-order valence-corrected chi connectivity index (χ4v) is 5.19. The van der Waals surface area contributed by atoms with Crippen molar-refractivity contribution >= 4 is 57.3 Å². The second kappa shape index (κ2) is 9.56. The van der Waals surface area contributed by atoms with E-state index in [4.69, 9.17) is 11.6 Å². The molecule has 1 fully saturated rings. The number of fused-ring (bicyclic) bond motifs is 1. The van der Waals surface area contributed by atoms with Crippen molar-refractivity contribution < 1.29 is 14.4 Å². The summed E-state index contributed by atoms with van der Waals surface area (Å²) in [5.41, 5.74) is 4.52. The first kappa shape index (κ1) is 23.1. The minimum absolute atomic E-state index is 0.307. The number of nitrogens with zero attached hydrogens (tertiary/aromatic N) is 2. The molecular weight excluding hydrogens is 480 g/mol. The van der Waals surface area contributed by atoms with Gasteiger partial charge in [-0.15, -0.1) is 0 Å². The molecule has 174 valence electrons. The zero-order valence-electron chi connectivity index (χ0n) is 18.9. The number of imide groups is 1. The molecule has 0 atom stereocenters. The van der Waals surface area contributed by atoms with E-state index in [0.717, 1.165) is 38.8 Å². The summed E-state index contributed by atoms with van der Waals surface area (Å²) in [6.45, 7) is 2.40. The molecule has 7 heteroatoms. The van der Waals surface area contributed by atoms with Gasteiger partial charge in [0, 0.05) is 39.3 Å². The number of rotatable bonds is 6. The highest BCUT2D eigenvalue weighted by molar-refractivity contribution is 8.18. The second-order valence-corrected chi connectivity index (χ2v) is 9.72. The van der Waals surface area contributed by atoms with Crippen LogP contribution in [-0.2, 0) is 11.3 Å². The summed E-state index contributed by atoms with van der Waals surface area (Å²) in [4.78, 5) is 39.7. The largest absolute Gasteiger partial charge is 0.340 e. The van der Waals surface area contributed by atoms with E-state index in [0.29, 0.717) is 22.0 Å². The molecule has 0 unspecified atom stereocenters. The smallest absolute Gasteiger partial charge is 0.293 e. The lowest BCUT2D eigenvalue weighted by atomic mass is 10.1. The van der Waals surface area contributed by atoms with Gasteiger partial charge in [-0.25, -0.2) is 0 Å². The minimum Gasteiger partial charge on any atom is -0.340 e. The van der Waals surface area contributed by atoms with E-state index in [2.05, 4.69) is 22.8 Å². The average Bonchev–Trinajstić information content (AvgIpc) is 3.28. The van der Waals surface area contributed by atoms with Gasteiger partial charge in [-0.1, -0.05) is 60.1 Å². The average molecular weight is 501 g/mol. The molecule has 1 aliphatic heterocycles. The van der Waals surface area contributed by atoms with Crippen LogP contribution in [0.4, 0.5) is 4.79 Å². The fraction of sp³-hybridized carbons (Fsp3) is 0.107. The van der Waals surface area contributed by atoms with Crippen molar-refractivity contribution in [3.63, 3.8) is 0 Å². The van der Waals surface area contributed by atoms with Gasteiger partial charge in [0.1, 0.15) is 0 Å². The van der Waals surface area contributed by atoms with E-state index in [1.807, 2.05) is 43.3 Å². The molecule has 1 aliphatic rings. The SMILES string of the molecule is Cc1c(/C=C2\SC(=O)N(CC(=O)c3ccc(Cl)cc3)C2=O)c2ccccc2n1Cc1ccccc1. The van der Waals surface area contributed by atoms with E-state index < -0.39 is 11.1 Å². The fourth-order valence-electron chi connectivity index (χ4n) is 4.25. The number of halogens is 1. The van der Waals surface area contributed by atoms with E-state index in [9.17, 15) is 14.4 Å². The van der Waals surface area contributed by atoms with Crippen molar-refractivity contribution in [3.05, 3.63) is 111 Å². The molecule has 0 N–H and O–H groups in total. The van der Waals surface area contributed by atoms with Gasteiger partial charge in [0.15, 0.2) is 5.78 Å². The summed E-state index contributed by atoms with van der Waals surface area (Å²) >= 11 is 6.75. The Bertz CT molecular complexity index is 1490. The predicted molar refractivity (Wildman–Crippen MR) is 141 cm³/mol. The Morgan fingerprint density at radius 2 is 1.63 bits per heavy atom. The monoisotopic (exact) mass is 500 g/mol.